The minimum atomic E-state index is -0.684. The molecule has 0 fully saturated rings. The number of nitrogens with zero attached hydrogens (tertiary/aromatic N) is 3. The van der Waals surface area contributed by atoms with Crippen molar-refractivity contribution in [1.29, 1.82) is 0 Å². The highest BCUT2D eigenvalue weighted by Crippen LogP contribution is 2.16. The van der Waals surface area contributed by atoms with E-state index >= 15 is 0 Å². The Hall–Kier alpha value is -2.87. The summed E-state index contributed by atoms with van der Waals surface area (Å²) < 4.78 is 1.24. The number of anilines is 2. The molecule has 2 aromatic rings. The highest BCUT2D eigenvalue weighted by atomic mass is 16.2. The van der Waals surface area contributed by atoms with Gasteiger partial charge in [-0.1, -0.05) is 30.3 Å². The van der Waals surface area contributed by atoms with E-state index in [2.05, 4.69) is 4.98 Å². The van der Waals surface area contributed by atoms with Gasteiger partial charge in [0.15, 0.2) is 5.69 Å². The number of nitrogen functional groups attached to an aromatic ring is 1. The molecule has 8 nitrogen and oxygen atoms in total. The minimum absolute atomic E-state index is 0.0302. The highest BCUT2D eigenvalue weighted by molar-refractivity contribution is 5.96. The monoisotopic (exact) mass is 331 g/mol. The topological polar surface area (TPSA) is 104 Å². The SMILES string of the molecule is CN(C)CC(=O)N(C)c1c(N)n(Cc2ccccc2)c(=O)[nH]c1=O. The lowest BCUT2D eigenvalue weighted by Gasteiger charge is -2.21. The molecule has 0 bridgehead atoms. The molecule has 24 heavy (non-hydrogen) atoms. The molecular weight excluding hydrogens is 310 g/mol. The smallest absolute Gasteiger partial charge is 0.330 e. The highest BCUT2D eigenvalue weighted by Gasteiger charge is 2.21. The fourth-order valence-electron chi connectivity index (χ4n) is 2.33. The number of carbonyl (C=O) groups excluding carboxylic acids is 1. The Kier molecular flexibility index (Phi) is 5.20. The number of hydrogen-bond donors (Lipinski definition) is 2. The van der Waals surface area contributed by atoms with Crippen LogP contribution in [0.4, 0.5) is 11.5 Å². The van der Waals surface area contributed by atoms with Crippen molar-refractivity contribution in [1.82, 2.24) is 14.5 Å². The quantitative estimate of drug-likeness (QED) is 0.782. The predicted octanol–water partition coefficient (Wildman–Crippen LogP) is -0.308. The average molecular weight is 331 g/mol. The molecule has 8 heteroatoms. The van der Waals surface area contributed by atoms with Crippen LogP contribution in [-0.4, -0.2) is 48.0 Å². The lowest BCUT2D eigenvalue weighted by molar-refractivity contribution is -0.118. The number of H-pyrrole nitrogens is 1. The largest absolute Gasteiger partial charge is 0.383 e. The molecule has 0 aliphatic rings. The average Bonchev–Trinajstić information content (AvgIpc) is 2.51. The lowest BCUT2D eigenvalue weighted by Crippen LogP contribution is -2.42. The number of nitrogens with two attached hydrogens (primary N) is 1. The van der Waals surface area contributed by atoms with E-state index in [1.54, 1.807) is 19.0 Å². The summed E-state index contributed by atoms with van der Waals surface area (Å²) in [5, 5.41) is 0. The van der Waals surface area contributed by atoms with Crippen LogP contribution in [0.1, 0.15) is 5.56 Å². The van der Waals surface area contributed by atoms with Gasteiger partial charge in [0, 0.05) is 7.05 Å². The molecule has 128 valence electrons. The van der Waals surface area contributed by atoms with Crippen molar-refractivity contribution in [3.63, 3.8) is 0 Å². The van der Waals surface area contributed by atoms with Crippen LogP contribution in [0.5, 0.6) is 0 Å². The Balaban J connectivity index is 2.46. The third kappa shape index (κ3) is 3.72. The Morgan fingerprint density at radius 3 is 2.38 bits per heavy atom. The molecule has 0 atom stereocenters. The molecule has 2 rings (SSSR count). The van der Waals surface area contributed by atoms with Gasteiger partial charge in [-0.15, -0.1) is 0 Å². The second-order valence-electron chi connectivity index (χ2n) is 5.76. The molecule has 3 N–H and O–H groups in total. The number of rotatable bonds is 5. The van der Waals surface area contributed by atoms with Gasteiger partial charge >= 0.3 is 5.69 Å². The van der Waals surface area contributed by atoms with Crippen molar-refractivity contribution in [3.05, 3.63) is 56.7 Å². The van der Waals surface area contributed by atoms with E-state index in [1.807, 2.05) is 30.3 Å². The van der Waals surface area contributed by atoms with Gasteiger partial charge < -0.3 is 15.5 Å². The van der Waals surface area contributed by atoms with Crippen molar-refractivity contribution in [2.75, 3.05) is 38.3 Å². The third-order valence-electron chi connectivity index (χ3n) is 3.56. The number of likely N-dealkylation sites (N-methyl/N-ethyl adjacent to an activating group) is 2. The molecule has 0 radical (unpaired) electrons. The van der Waals surface area contributed by atoms with Crippen LogP contribution in [0.2, 0.25) is 0 Å². The summed E-state index contributed by atoms with van der Waals surface area (Å²) in [6, 6.07) is 9.24. The van der Waals surface area contributed by atoms with Crippen molar-refractivity contribution in [2.24, 2.45) is 0 Å². The summed E-state index contributed by atoms with van der Waals surface area (Å²) in [6.45, 7) is 0.318. The number of amides is 1. The fraction of sp³-hybridized carbons (Fsp3) is 0.312. The van der Waals surface area contributed by atoms with Crippen molar-refractivity contribution in [3.8, 4) is 0 Å². The normalized spacial score (nSPS) is 10.8. The number of aromatic nitrogens is 2. The molecule has 0 saturated carbocycles. The number of aromatic amines is 1. The van der Waals surface area contributed by atoms with Gasteiger partial charge in [0.1, 0.15) is 5.82 Å². The molecule has 0 saturated heterocycles. The maximum absolute atomic E-state index is 12.2. The number of carbonyl (C=O) groups is 1. The summed E-state index contributed by atoms with van der Waals surface area (Å²) in [5.41, 5.74) is 5.56. The van der Waals surface area contributed by atoms with Crippen LogP contribution >= 0.6 is 0 Å². The Bertz CT molecular complexity index is 839. The van der Waals surface area contributed by atoms with Gasteiger partial charge in [-0.25, -0.2) is 4.79 Å². The Morgan fingerprint density at radius 2 is 1.79 bits per heavy atom. The van der Waals surface area contributed by atoms with E-state index in [1.165, 1.54) is 16.5 Å². The lowest BCUT2D eigenvalue weighted by atomic mass is 10.2. The van der Waals surface area contributed by atoms with E-state index in [0.29, 0.717) is 0 Å². The van der Waals surface area contributed by atoms with Crippen LogP contribution in [-0.2, 0) is 11.3 Å². The van der Waals surface area contributed by atoms with Crippen LogP contribution in [0.25, 0.3) is 0 Å². The second-order valence-corrected chi connectivity index (χ2v) is 5.76. The first-order valence-electron chi connectivity index (χ1n) is 7.39. The maximum Gasteiger partial charge on any atom is 0.330 e. The van der Waals surface area contributed by atoms with Gasteiger partial charge in [0.05, 0.1) is 13.1 Å². The van der Waals surface area contributed by atoms with E-state index in [9.17, 15) is 14.4 Å². The van der Waals surface area contributed by atoms with E-state index < -0.39 is 11.2 Å². The summed E-state index contributed by atoms with van der Waals surface area (Å²) >= 11 is 0. The number of nitrogens with one attached hydrogen (secondary N) is 1. The number of benzene rings is 1. The third-order valence-corrected chi connectivity index (χ3v) is 3.56. The molecule has 1 aromatic heterocycles. The first-order chi connectivity index (χ1) is 11.3. The molecule has 0 aliphatic carbocycles. The molecule has 1 amide bonds. The molecule has 0 aliphatic heterocycles. The van der Waals surface area contributed by atoms with Gasteiger partial charge in [0.25, 0.3) is 5.56 Å². The molecule has 1 aromatic carbocycles. The second kappa shape index (κ2) is 7.14. The number of hydrogen-bond acceptors (Lipinski definition) is 5. The zero-order valence-electron chi connectivity index (χ0n) is 13.9. The molecular formula is C16H21N5O3. The van der Waals surface area contributed by atoms with Crippen molar-refractivity contribution < 1.29 is 4.79 Å². The zero-order chi connectivity index (χ0) is 17.9. The summed E-state index contributed by atoms with van der Waals surface area (Å²) in [7, 11) is 4.95. The first-order valence-corrected chi connectivity index (χ1v) is 7.39. The van der Waals surface area contributed by atoms with E-state index in [-0.39, 0.29) is 30.5 Å². The first kappa shape index (κ1) is 17.5. The standard InChI is InChI=1S/C16H21N5O3/c1-19(2)10-12(22)20(3)13-14(17)21(16(24)18-15(13)23)9-11-7-5-4-6-8-11/h4-8H,9-10,17H2,1-3H3,(H,18,23,24). The van der Waals surface area contributed by atoms with Crippen LogP contribution in [0.15, 0.2) is 39.9 Å². The Labute approximate surface area is 139 Å². The van der Waals surface area contributed by atoms with Crippen LogP contribution in [0.3, 0.4) is 0 Å². The molecule has 1 heterocycles. The van der Waals surface area contributed by atoms with Crippen molar-refractivity contribution >= 4 is 17.4 Å². The maximum atomic E-state index is 12.2. The van der Waals surface area contributed by atoms with Crippen molar-refractivity contribution in [2.45, 2.75) is 6.54 Å². The van der Waals surface area contributed by atoms with Crippen LogP contribution < -0.4 is 21.9 Å². The summed E-state index contributed by atoms with van der Waals surface area (Å²) in [4.78, 5) is 41.5. The molecule has 0 spiro atoms. The van der Waals surface area contributed by atoms with Gasteiger partial charge in [-0.3, -0.25) is 19.1 Å². The fourth-order valence-corrected chi connectivity index (χ4v) is 2.33. The van der Waals surface area contributed by atoms with E-state index in [0.717, 1.165) is 5.56 Å². The molecule has 0 unspecified atom stereocenters. The summed E-state index contributed by atoms with van der Waals surface area (Å²) in [6.07, 6.45) is 0. The minimum Gasteiger partial charge on any atom is -0.383 e. The van der Waals surface area contributed by atoms with E-state index in [4.69, 9.17) is 5.73 Å². The van der Waals surface area contributed by atoms with Gasteiger partial charge in [0.2, 0.25) is 5.91 Å². The summed E-state index contributed by atoms with van der Waals surface area (Å²) in [5.74, 6) is -0.343. The van der Waals surface area contributed by atoms with Gasteiger partial charge in [-0.05, 0) is 19.7 Å². The zero-order valence-corrected chi connectivity index (χ0v) is 13.9. The Morgan fingerprint density at radius 1 is 1.17 bits per heavy atom. The predicted molar refractivity (Wildman–Crippen MR) is 93.2 cm³/mol. The van der Waals surface area contributed by atoms with Crippen LogP contribution in [0, 0.1) is 0 Å². The van der Waals surface area contributed by atoms with Gasteiger partial charge in [-0.2, -0.15) is 0 Å².